The third-order valence-corrected chi connectivity index (χ3v) is 5.88. The number of rotatable bonds is 3. The molecule has 2 amide bonds. The zero-order valence-corrected chi connectivity index (χ0v) is 15.5. The Balaban J connectivity index is 1.36. The molecule has 7 heteroatoms. The molecule has 0 bridgehead atoms. The number of benzene rings is 1. The number of carbonyl (C=O) groups excluding carboxylic acids is 2. The summed E-state index contributed by atoms with van der Waals surface area (Å²) in [6.07, 6.45) is 3.75. The fourth-order valence-corrected chi connectivity index (χ4v) is 4.64. The molecule has 1 unspecified atom stereocenters. The molecule has 28 heavy (non-hydrogen) atoms. The number of carbonyl (C=O) groups is 2. The van der Waals surface area contributed by atoms with Crippen LogP contribution in [-0.4, -0.2) is 48.1 Å². The fourth-order valence-electron chi connectivity index (χ4n) is 4.64. The van der Waals surface area contributed by atoms with E-state index >= 15 is 0 Å². The van der Waals surface area contributed by atoms with Crippen molar-refractivity contribution in [2.24, 2.45) is 0 Å². The Morgan fingerprint density at radius 2 is 2.14 bits per heavy atom. The van der Waals surface area contributed by atoms with Crippen LogP contribution >= 0.6 is 0 Å². The highest BCUT2D eigenvalue weighted by molar-refractivity contribution is 5.95. The highest BCUT2D eigenvalue weighted by atomic mass is 16.5. The van der Waals surface area contributed by atoms with Crippen LogP contribution in [0.3, 0.4) is 0 Å². The smallest absolute Gasteiger partial charge is 0.238 e. The standard InChI is InChI=1S/C21H22N4O3/c26-18-11-21(17-2-1-5-22-20(17)24-18)9-14-3-4-16(8-15(14)10-21)23-19(27)12-25-6-7-28-13-25/h1-5,8H,6-7,9-13H2,(H,23,27)(H,22,24,26). The first-order valence-corrected chi connectivity index (χ1v) is 9.58. The molecule has 3 heterocycles. The van der Waals surface area contributed by atoms with Gasteiger partial charge >= 0.3 is 0 Å². The summed E-state index contributed by atoms with van der Waals surface area (Å²) >= 11 is 0. The predicted octanol–water partition coefficient (Wildman–Crippen LogP) is 1.69. The number of amides is 2. The Bertz CT molecular complexity index is 954. The number of aromatic nitrogens is 1. The Labute approximate surface area is 163 Å². The molecule has 1 aromatic carbocycles. The van der Waals surface area contributed by atoms with Gasteiger partial charge in [0.1, 0.15) is 5.82 Å². The van der Waals surface area contributed by atoms with E-state index in [1.807, 2.05) is 23.1 Å². The Morgan fingerprint density at radius 1 is 1.25 bits per heavy atom. The van der Waals surface area contributed by atoms with Crippen LogP contribution < -0.4 is 10.6 Å². The summed E-state index contributed by atoms with van der Waals surface area (Å²) in [7, 11) is 0. The summed E-state index contributed by atoms with van der Waals surface area (Å²) in [6.45, 7) is 2.31. The summed E-state index contributed by atoms with van der Waals surface area (Å²) < 4.78 is 5.28. The molecule has 1 aliphatic carbocycles. The van der Waals surface area contributed by atoms with Gasteiger partial charge < -0.3 is 15.4 Å². The fraction of sp³-hybridized carbons (Fsp3) is 0.381. The van der Waals surface area contributed by atoms with Gasteiger partial charge in [0.25, 0.3) is 0 Å². The van der Waals surface area contributed by atoms with Crippen LogP contribution in [-0.2, 0) is 32.6 Å². The quantitative estimate of drug-likeness (QED) is 0.849. The van der Waals surface area contributed by atoms with Gasteiger partial charge in [0.2, 0.25) is 11.8 Å². The van der Waals surface area contributed by atoms with E-state index in [0.717, 1.165) is 30.6 Å². The first-order chi connectivity index (χ1) is 13.6. The maximum Gasteiger partial charge on any atom is 0.238 e. The average Bonchev–Trinajstić information content (AvgIpc) is 3.29. The summed E-state index contributed by atoms with van der Waals surface area (Å²) in [5.41, 5.74) is 4.07. The molecule has 1 spiro atoms. The van der Waals surface area contributed by atoms with E-state index in [1.54, 1.807) is 6.20 Å². The first kappa shape index (κ1) is 17.3. The monoisotopic (exact) mass is 378 g/mol. The van der Waals surface area contributed by atoms with Crippen molar-refractivity contribution in [1.82, 2.24) is 9.88 Å². The number of anilines is 2. The number of ether oxygens (including phenoxy) is 1. The number of fused-ring (bicyclic) bond motifs is 3. The van der Waals surface area contributed by atoms with E-state index in [2.05, 4.69) is 27.8 Å². The molecule has 1 fully saturated rings. The zero-order chi connectivity index (χ0) is 19.1. The molecule has 3 aliphatic rings. The molecule has 144 valence electrons. The zero-order valence-electron chi connectivity index (χ0n) is 15.5. The van der Waals surface area contributed by atoms with Crippen LogP contribution in [0, 0.1) is 0 Å². The van der Waals surface area contributed by atoms with E-state index in [4.69, 9.17) is 4.74 Å². The van der Waals surface area contributed by atoms with Crippen LogP contribution in [0.15, 0.2) is 36.5 Å². The summed E-state index contributed by atoms with van der Waals surface area (Å²) in [5.74, 6) is 0.651. The maximum absolute atomic E-state index is 12.3. The topological polar surface area (TPSA) is 83.6 Å². The van der Waals surface area contributed by atoms with Gasteiger partial charge in [0.15, 0.2) is 0 Å². The third-order valence-electron chi connectivity index (χ3n) is 5.88. The summed E-state index contributed by atoms with van der Waals surface area (Å²) in [6, 6.07) is 10.1. The van der Waals surface area contributed by atoms with E-state index in [1.165, 1.54) is 11.1 Å². The molecular weight excluding hydrogens is 356 g/mol. The third kappa shape index (κ3) is 3.06. The van der Waals surface area contributed by atoms with Gasteiger partial charge in [-0.25, -0.2) is 4.98 Å². The summed E-state index contributed by atoms with van der Waals surface area (Å²) in [4.78, 5) is 30.9. The van der Waals surface area contributed by atoms with Crippen molar-refractivity contribution in [3.05, 3.63) is 53.2 Å². The first-order valence-electron chi connectivity index (χ1n) is 9.58. The van der Waals surface area contributed by atoms with Crippen molar-refractivity contribution in [3.63, 3.8) is 0 Å². The molecular formula is C21H22N4O3. The lowest BCUT2D eigenvalue weighted by Crippen LogP contribution is -2.38. The maximum atomic E-state index is 12.3. The molecule has 1 saturated heterocycles. The molecule has 2 aromatic rings. The van der Waals surface area contributed by atoms with Crippen molar-refractivity contribution >= 4 is 23.3 Å². The van der Waals surface area contributed by atoms with Crippen molar-refractivity contribution < 1.29 is 14.3 Å². The van der Waals surface area contributed by atoms with Crippen molar-refractivity contribution in [1.29, 1.82) is 0 Å². The molecule has 5 rings (SSSR count). The second kappa shape index (κ2) is 6.68. The minimum atomic E-state index is -0.246. The number of nitrogens with zero attached hydrogens (tertiary/aromatic N) is 2. The lowest BCUT2D eigenvalue weighted by atomic mass is 9.73. The van der Waals surface area contributed by atoms with Gasteiger partial charge in [0, 0.05) is 35.8 Å². The molecule has 0 saturated carbocycles. The molecule has 2 aliphatic heterocycles. The van der Waals surface area contributed by atoms with Crippen LogP contribution in [0.1, 0.15) is 23.1 Å². The Kier molecular flexibility index (Phi) is 4.14. The summed E-state index contributed by atoms with van der Waals surface area (Å²) in [5, 5.41) is 5.88. The van der Waals surface area contributed by atoms with Crippen molar-refractivity contribution in [2.45, 2.75) is 24.7 Å². The molecule has 1 aromatic heterocycles. The van der Waals surface area contributed by atoms with Crippen LogP contribution in [0.2, 0.25) is 0 Å². The van der Waals surface area contributed by atoms with Gasteiger partial charge in [-0.05, 0) is 42.2 Å². The minimum absolute atomic E-state index is 0.0142. The number of pyridine rings is 1. The molecule has 0 radical (unpaired) electrons. The van der Waals surface area contributed by atoms with Crippen LogP contribution in [0.5, 0.6) is 0 Å². The lowest BCUT2D eigenvalue weighted by Gasteiger charge is -2.34. The second-order valence-corrected chi connectivity index (χ2v) is 7.88. The average molecular weight is 378 g/mol. The van der Waals surface area contributed by atoms with Crippen molar-refractivity contribution in [2.75, 3.05) is 37.1 Å². The van der Waals surface area contributed by atoms with E-state index < -0.39 is 0 Å². The lowest BCUT2D eigenvalue weighted by molar-refractivity contribution is -0.118. The Hall–Kier alpha value is -2.77. The predicted molar refractivity (Wildman–Crippen MR) is 104 cm³/mol. The second-order valence-electron chi connectivity index (χ2n) is 7.88. The normalized spacial score (nSPS) is 23.4. The molecule has 1 atom stereocenters. The SMILES string of the molecule is O=C(CN1CCOC1)Nc1ccc2c(c1)CC1(CC(=O)Nc3ncccc31)C2. The van der Waals surface area contributed by atoms with Crippen molar-refractivity contribution in [3.8, 4) is 0 Å². The van der Waals surface area contributed by atoms with E-state index in [-0.39, 0.29) is 17.2 Å². The van der Waals surface area contributed by atoms with Crippen LogP contribution in [0.4, 0.5) is 11.5 Å². The number of hydrogen-bond acceptors (Lipinski definition) is 5. The highest BCUT2D eigenvalue weighted by Crippen LogP contribution is 2.47. The minimum Gasteiger partial charge on any atom is -0.365 e. The van der Waals surface area contributed by atoms with Gasteiger partial charge in [-0.15, -0.1) is 0 Å². The largest absolute Gasteiger partial charge is 0.365 e. The Morgan fingerprint density at radius 3 is 3.00 bits per heavy atom. The van der Waals surface area contributed by atoms with E-state index in [0.29, 0.717) is 32.1 Å². The van der Waals surface area contributed by atoms with Gasteiger partial charge in [-0.2, -0.15) is 0 Å². The van der Waals surface area contributed by atoms with E-state index in [9.17, 15) is 9.59 Å². The van der Waals surface area contributed by atoms with Gasteiger partial charge in [-0.1, -0.05) is 12.1 Å². The van der Waals surface area contributed by atoms with Crippen LogP contribution in [0.25, 0.3) is 0 Å². The molecule has 2 N–H and O–H groups in total. The number of hydrogen-bond donors (Lipinski definition) is 2. The molecule has 7 nitrogen and oxygen atoms in total. The van der Waals surface area contributed by atoms with Gasteiger partial charge in [-0.3, -0.25) is 14.5 Å². The number of nitrogens with one attached hydrogen (secondary N) is 2. The van der Waals surface area contributed by atoms with Gasteiger partial charge in [0.05, 0.1) is 19.9 Å². The highest BCUT2D eigenvalue weighted by Gasteiger charge is 2.45.